The lowest BCUT2D eigenvalue weighted by Gasteiger charge is -2.29. The van der Waals surface area contributed by atoms with Gasteiger partial charge in [0.25, 0.3) is 0 Å². The molecule has 0 spiro atoms. The van der Waals surface area contributed by atoms with Gasteiger partial charge in [-0.25, -0.2) is 0 Å². The molecule has 0 aromatic carbocycles. The van der Waals surface area contributed by atoms with Crippen molar-refractivity contribution in [3.05, 3.63) is 12.0 Å². The van der Waals surface area contributed by atoms with Gasteiger partial charge >= 0.3 is 0 Å². The molecule has 1 aromatic rings. The Labute approximate surface area is 103 Å². The number of ether oxygens (including phenoxy) is 1. The molecule has 0 radical (unpaired) electrons. The Morgan fingerprint density at radius 2 is 2.18 bits per heavy atom. The van der Waals surface area contributed by atoms with Gasteiger partial charge < -0.3 is 14.4 Å². The van der Waals surface area contributed by atoms with Crippen molar-refractivity contribution >= 4 is 0 Å². The number of imidazole rings is 1. The molecule has 96 valence electrons. The standard InChI is InChI=1S/C13H22N2O2/c1-3-17-12(10-7-5-4-6-8-10)13-14-11(16)9-15(13)2/h9-10,12,16H,3-8H2,1-2H3. The average Bonchev–Trinajstić information content (AvgIpc) is 2.66. The minimum atomic E-state index is 0.0335. The summed E-state index contributed by atoms with van der Waals surface area (Å²) in [4.78, 5) is 4.20. The zero-order valence-corrected chi connectivity index (χ0v) is 10.7. The third-order valence-corrected chi connectivity index (χ3v) is 3.58. The molecule has 1 heterocycles. The van der Waals surface area contributed by atoms with E-state index in [1.54, 1.807) is 6.20 Å². The monoisotopic (exact) mass is 238 g/mol. The van der Waals surface area contributed by atoms with Crippen molar-refractivity contribution in [3.63, 3.8) is 0 Å². The van der Waals surface area contributed by atoms with Gasteiger partial charge in [0.15, 0.2) is 0 Å². The summed E-state index contributed by atoms with van der Waals surface area (Å²) in [5.41, 5.74) is 0. The molecule has 1 unspecified atom stereocenters. The van der Waals surface area contributed by atoms with E-state index in [2.05, 4.69) is 4.98 Å². The molecule has 1 saturated carbocycles. The summed E-state index contributed by atoms with van der Waals surface area (Å²) in [5.74, 6) is 1.49. The van der Waals surface area contributed by atoms with Gasteiger partial charge in [-0.3, -0.25) is 0 Å². The van der Waals surface area contributed by atoms with Crippen LogP contribution in [0.4, 0.5) is 0 Å². The Bertz CT molecular complexity index is 356. The van der Waals surface area contributed by atoms with Crippen molar-refractivity contribution in [2.24, 2.45) is 13.0 Å². The van der Waals surface area contributed by atoms with E-state index in [4.69, 9.17) is 4.74 Å². The maximum absolute atomic E-state index is 9.46. The van der Waals surface area contributed by atoms with E-state index in [9.17, 15) is 5.11 Å². The second-order valence-electron chi connectivity index (χ2n) is 4.84. The lowest BCUT2D eigenvalue weighted by atomic mass is 9.85. The quantitative estimate of drug-likeness (QED) is 0.877. The van der Waals surface area contributed by atoms with Crippen LogP contribution in [0.15, 0.2) is 6.20 Å². The number of nitrogens with zero attached hydrogens (tertiary/aromatic N) is 2. The van der Waals surface area contributed by atoms with E-state index in [-0.39, 0.29) is 12.0 Å². The van der Waals surface area contributed by atoms with E-state index < -0.39 is 0 Å². The fraction of sp³-hybridized carbons (Fsp3) is 0.769. The SMILES string of the molecule is CCOC(c1nc(O)cn1C)C1CCCCC1. The van der Waals surface area contributed by atoms with Crippen molar-refractivity contribution in [1.82, 2.24) is 9.55 Å². The first kappa shape index (κ1) is 12.4. The van der Waals surface area contributed by atoms with Crippen molar-refractivity contribution in [1.29, 1.82) is 0 Å². The molecule has 1 N–H and O–H groups in total. The van der Waals surface area contributed by atoms with Crippen molar-refractivity contribution < 1.29 is 9.84 Å². The first-order valence-electron chi connectivity index (χ1n) is 6.56. The maximum Gasteiger partial charge on any atom is 0.229 e. The maximum atomic E-state index is 9.46. The highest BCUT2D eigenvalue weighted by molar-refractivity contribution is 5.10. The van der Waals surface area contributed by atoms with Gasteiger partial charge in [-0.15, -0.1) is 0 Å². The number of hydrogen-bond acceptors (Lipinski definition) is 3. The Hall–Kier alpha value is -1.03. The fourth-order valence-corrected chi connectivity index (χ4v) is 2.77. The first-order valence-corrected chi connectivity index (χ1v) is 6.56. The molecule has 0 aliphatic heterocycles. The Morgan fingerprint density at radius 1 is 1.47 bits per heavy atom. The second-order valence-corrected chi connectivity index (χ2v) is 4.84. The molecule has 2 rings (SSSR count). The third kappa shape index (κ3) is 2.80. The minimum Gasteiger partial charge on any atom is -0.492 e. The Balaban J connectivity index is 2.18. The summed E-state index contributed by atoms with van der Waals surface area (Å²) < 4.78 is 7.75. The van der Waals surface area contributed by atoms with Crippen LogP contribution in [-0.2, 0) is 11.8 Å². The zero-order valence-electron chi connectivity index (χ0n) is 10.7. The van der Waals surface area contributed by atoms with Crippen LogP contribution in [0.2, 0.25) is 0 Å². The van der Waals surface area contributed by atoms with E-state index in [1.807, 2.05) is 18.5 Å². The highest BCUT2D eigenvalue weighted by Crippen LogP contribution is 2.36. The number of aromatic nitrogens is 2. The van der Waals surface area contributed by atoms with Crippen LogP contribution < -0.4 is 0 Å². The van der Waals surface area contributed by atoms with Gasteiger partial charge in [-0.05, 0) is 25.7 Å². The molecule has 0 saturated heterocycles. The summed E-state index contributed by atoms with van der Waals surface area (Å²) in [6, 6.07) is 0. The smallest absolute Gasteiger partial charge is 0.229 e. The summed E-state index contributed by atoms with van der Waals surface area (Å²) in [5, 5.41) is 9.46. The van der Waals surface area contributed by atoms with E-state index in [0.717, 1.165) is 5.82 Å². The average molecular weight is 238 g/mol. The summed E-state index contributed by atoms with van der Waals surface area (Å²) in [7, 11) is 1.91. The molecular formula is C13H22N2O2. The van der Waals surface area contributed by atoms with Gasteiger partial charge in [0, 0.05) is 13.7 Å². The molecule has 17 heavy (non-hydrogen) atoms. The van der Waals surface area contributed by atoms with Crippen LogP contribution in [0.1, 0.15) is 51.0 Å². The third-order valence-electron chi connectivity index (χ3n) is 3.58. The largest absolute Gasteiger partial charge is 0.492 e. The summed E-state index contributed by atoms with van der Waals surface area (Å²) in [6.45, 7) is 2.70. The molecule has 1 atom stereocenters. The van der Waals surface area contributed by atoms with Crippen LogP contribution in [0.3, 0.4) is 0 Å². The van der Waals surface area contributed by atoms with Gasteiger partial charge in [-0.2, -0.15) is 4.98 Å². The van der Waals surface area contributed by atoms with E-state index in [0.29, 0.717) is 12.5 Å². The summed E-state index contributed by atoms with van der Waals surface area (Å²) in [6.07, 6.45) is 7.99. The highest BCUT2D eigenvalue weighted by Gasteiger charge is 2.28. The van der Waals surface area contributed by atoms with Crippen LogP contribution in [-0.4, -0.2) is 21.3 Å². The Kier molecular flexibility index (Phi) is 4.05. The lowest BCUT2D eigenvalue weighted by Crippen LogP contribution is -2.22. The molecular weight excluding hydrogens is 216 g/mol. The normalized spacial score (nSPS) is 19.4. The minimum absolute atomic E-state index is 0.0335. The van der Waals surface area contributed by atoms with Crippen LogP contribution >= 0.6 is 0 Å². The van der Waals surface area contributed by atoms with E-state index in [1.165, 1.54) is 32.1 Å². The molecule has 1 aliphatic carbocycles. The topological polar surface area (TPSA) is 47.3 Å². The molecule has 4 heteroatoms. The van der Waals surface area contributed by atoms with Gasteiger partial charge in [-0.1, -0.05) is 19.3 Å². The van der Waals surface area contributed by atoms with E-state index >= 15 is 0 Å². The predicted octanol–water partition coefficient (Wildman–Crippen LogP) is 2.78. The van der Waals surface area contributed by atoms with Gasteiger partial charge in [0.1, 0.15) is 11.9 Å². The molecule has 1 fully saturated rings. The summed E-state index contributed by atoms with van der Waals surface area (Å²) >= 11 is 0. The number of hydrogen-bond donors (Lipinski definition) is 1. The van der Waals surface area contributed by atoms with Crippen LogP contribution in [0, 0.1) is 5.92 Å². The van der Waals surface area contributed by atoms with Gasteiger partial charge in [0.05, 0.1) is 6.20 Å². The van der Waals surface area contributed by atoms with Crippen molar-refractivity contribution in [2.75, 3.05) is 6.61 Å². The fourth-order valence-electron chi connectivity index (χ4n) is 2.77. The molecule has 4 nitrogen and oxygen atoms in total. The van der Waals surface area contributed by atoms with Crippen LogP contribution in [0.5, 0.6) is 5.88 Å². The number of aromatic hydroxyl groups is 1. The highest BCUT2D eigenvalue weighted by atomic mass is 16.5. The molecule has 1 aromatic heterocycles. The van der Waals surface area contributed by atoms with Crippen molar-refractivity contribution in [2.45, 2.75) is 45.1 Å². The van der Waals surface area contributed by atoms with Crippen molar-refractivity contribution in [3.8, 4) is 5.88 Å². The molecule has 1 aliphatic rings. The number of rotatable bonds is 4. The first-order chi connectivity index (χ1) is 8.22. The second kappa shape index (κ2) is 5.54. The lowest BCUT2D eigenvalue weighted by molar-refractivity contribution is -0.00193. The predicted molar refractivity (Wildman–Crippen MR) is 65.8 cm³/mol. The zero-order chi connectivity index (χ0) is 12.3. The van der Waals surface area contributed by atoms with Crippen LogP contribution in [0.25, 0.3) is 0 Å². The Morgan fingerprint density at radius 3 is 2.71 bits per heavy atom. The van der Waals surface area contributed by atoms with Gasteiger partial charge in [0.2, 0.25) is 5.88 Å². The number of aryl methyl sites for hydroxylation is 1. The molecule has 0 amide bonds. The molecule has 0 bridgehead atoms.